The molecule has 0 aromatic rings. The summed E-state index contributed by atoms with van der Waals surface area (Å²) in [6.07, 6.45) is 7.65. The molecule has 18 heavy (non-hydrogen) atoms. The number of cyclic esters (lactones) is 1. The summed E-state index contributed by atoms with van der Waals surface area (Å²) in [4.78, 5) is 24.7. The van der Waals surface area contributed by atoms with Gasteiger partial charge in [0.05, 0.1) is 13.2 Å². The molecule has 5 nitrogen and oxygen atoms in total. The van der Waals surface area contributed by atoms with Crippen LogP contribution in [-0.4, -0.2) is 42.8 Å². The Bertz CT molecular complexity index is 353. The van der Waals surface area contributed by atoms with E-state index >= 15 is 0 Å². The molecular weight excluding hydrogens is 234 g/mol. The Labute approximate surface area is 107 Å². The summed E-state index contributed by atoms with van der Waals surface area (Å²) in [5, 5.41) is 0. The molecule has 0 bridgehead atoms. The van der Waals surface area contributed by atoms with E-state index in [-0.39, 0.29) is 24.2 Å². The molecule has 1 saturated heterocycles. The molecule has 0 unspecified atom stereocenters. The minimum Gasteiger partial charge on any atom is -0.453 e. The third-order valence-corrected chi connectivity index (χ3v) is 3.51. The van der Waals surface area contributed by atoms with Gasteiger partial charge in [-0.2, -0.15) is 0 Å². The van der Waals surface area contributed by atoms with Gasteiger partial charge >= 0.3 is 12.1 Å². The van der Waals surface area contributed by atoms with Crippen LogP contribution in [0.25, 0.3) is 0 Å². The van der Waals surface area contributed by atoms with E-state index in [0.29, 0.717) is 6.54 Å². The second kappa shape index (κ2) is 5.89. The van der Waals surface area contributed by atoms with Gasteiger partial charge in [-0.15, -0.1) is 0 Å². The number of nitrogens with zero attached hydrogens (tertiary/aromatic N) is 1. The zero-order valence-electron chi connectivity index (χ0n) is 10.6. The fraction of sp³-hybridized carbons (Fsp3) is 0.692. The molecule has 0 aromatic carbocycles. The van der Waals surface area contributed by atoms with Crippen LogP contribution >= 0.6 is 0 Å². The van der Waals surface area contributed by atoms with Gasteiger partial charge in [-0.25, -0.2) is 9.59 Å². The van der Waals surface area contributed by atoms with Gasteiger partial charge in [0.15, 0.2) is 0 Å². The van der Waals surface area contributed by atoms with Crippen molar-refractivity contribution in [3.05, 3.63) is 12.2 Å². The summed E-state index contributed by atoms with van der Waals surface area (Å²) in [7, 11) is 1.38. The Morgan fingerprint density at radius 3 is 2.83 bits per heavy atom. The summed E-state index contributed by atoms with van der Waals surface area (Å²) in [5.74, 6) is -0.327. The molecule has 0 N–H and O–H groups in total. The highest BCUT2D eigenvalue weighted by Crippen LogP contribution is 2.24. The van der Waals surface area contributed by atoms with Gasteiger partial charge in [0.2, 0.25) is 0 Å². The summed E-state index contributed by atoms with van der Waals surface area (Å²) in [5.41, 5.74) is 0. The van der Waals surface area contributed by atoms with Crippen molar-refractivity contribution in [2.45, 2.75) is 44.2 Å². The average Bonchev–Trinajstić information content (AvgIpc) is 2.75. The molecule has 0 radical (unpaired) electrons. The third kappa shape index (κ3) is 2.83. The van der Waals surface area contributed by atoms with Crippen LogP contribution in [-0.2, 0) is 14.3 Å². The van der Waals surface area contributed by atoms with Crippen molar-refractivity contribution in [2.24, 2.45) is 0 Å². The summed E-state index contributed by atoms with van der Waals surface area (Å²) < 4.78 is 10.0. The van der Waals surface area contributed by atoms with Crippen LogP contribution in [0.5, 0.6) is 0 Å². The van der Waals surface area contributed by atoms with Crippen molar-refractivity contribution in [3.63, 3.8) is 0 Å². The molecule has 100 valence electrons. The number of methoxy groups -OCH3 is 1. The van der Waals surface area contributed by atoms with Gasteiger partial charge in [0.25, 0.3) is 0 Å². The Morgan fingerprint density at radius 1 is 1.39 bits per heavy atom. The minimum absolute atomic E-state index is 0.0968. The first kappa shape index (κ1) is 12.9. The van der Waals surface area contributed by atoms with E-state index < -0.39 is 0 Å². The molecule has 0 saturated carbocycles. The molecule has 0 spiro atoms. The van der Waals surface area contributed by atoms with E-state index in [2.05, 4.69) is 0 Å². The molecular formula is C13H19NO4. The van der Waals surface area contributed by atoms with Crippen LogP contribution in [0.4, 0.5) is 4.79 Å². The molecule has 1 fully saturated rings. The maximum absolute atomic E-state index is 11.8. The second-order valence-electron chi connectivity index (χ2n) is 4.69. The van der Waals surface area contributed by atoms with Crippen molar-refractivity contribution >= 4 is 12.1 Å². The van der Waals surface area contributed by atoms with E-state index in [1.807, 2.05) is 0 Å². The molecule has 2 aliphatic heterocycles. The van der Waals surface area contributed by atoms with Gasteiger partial charge in [-0.05, 0) is 18.9 Å². The normalized spacial score (nSPS) is 28.5. The van der Waals surface area contributed by atoms with Crippen LogP contribution in [0.2, 0.25) is 0 Å². The summed E-state index contributed by atoms with van der Waals surface area (Å²) in [6.45, 7) is 0.666. The maximum atomic E-state index is 11.8. The smallest absolute Gasteiger partial charge is 0.409 e. The average molecular weight is 253 g/mol. The van der Waals surface area contributed by atoms with E-state index in [1.54, 1.807) is 11.0 Å². The SMILES string of the molecule is COC(=O)N1CCCCCC[C@@H]1[C@@H]1C=CC(=O)O1. The number of hydrogen-bond acceptors (Lipinski definition) is 4. The minimum atomic E-state index is -0.335. The van der Waals surface area contributed by atoms with Crippen molar-refractivity contribution in [2.75, 3.05) is 13.7 Å². The molecule has 2 atom stereocenters. The topological polar surface area (TPSA) is 55.8 Å². The summed E-state index contributed by atoms with van der Waals surface area (Å²) >= 11 is 0. The van der Waals surface area contributed by atoms with E-state index in [0.717, 1.165) is 32.1 Å². The van der Waals surface area contributed by atoms with E-state index in [9.17, 15) is 9.59 Å². The van der Waals surface area contributed by atoms with Gasteiger partial charge in [-0.3, -0.25) is 0 Å². The molecule has 1 amide bonds. The van der Waals surface area contributed by atoms with Crippen molar-refractivity contribution in [1.29, 1.82) is 0 Å². The second-order valence-corrected chi connectivity index (χ2v) is 4.69. The molecule has 2 heterocycles. The fourth-order valence-corrected chi connectivity index (χ4v) is 2.59. The van der Waals surface area contributed by atoms with Crippen molar-refractivity contribution < 1.29 is 19.1 Å². The Kier molecular flexibility index (Phi) is 4.23. The van der Waals surface area contributed by atoms with Gasteiger partial charge < -0.3 is 14.4 Å². The fourth-order valence-electron chi connectivity index (χ4n) is 2.59. The Balaban J connectivity index is 2.11. The lowest BCUT2D eigenvalue weighted by molar-refractivity contribution is -0.141. The molecule has 0 aromatic heterocycles. The first-order chi connectivity index (χ1) is 8.72. The highest BCUT2D eigenvalue weighted by atomic mass is 16.6. The number of likely N-dealkylation sites (tertiary alicyclic amines) is 1. The maximum Gasteiger partial charge on any atom is 0.409 e. The molecule has 2 aliphatic rings. The monoisotopic (exact) mass is 253 g/mol. The Hall–Kier alpha value is -1.52. The van der Waals surface area contributed by atoms with Gasteiger partial charge in [-0.1, -0.05) is 19.3 Å². The lowest BCUT2D eigenvalue weighted by atomic mass is 9.98. The van der Waals surface area contributed by atoms with E-state index in [4.69, 9.17) is 9.47 Å². The number of ether oxygens (including phenoxy) is 2. The molecule has 0 aliphatic carbocycles. The third-order valence-electron chi connectivity index (χ3n) is 3.51. The van der Waals surface area contributed by atoms with Crippen molar-refractivity contribution in [1.82, 2.24) is 4.90 Å². The van der Waals surface area contributed by atoms with Crippen LogP contribution in [0.15, 0.2) is 12.2 Å². The number of hydrogen-bond donors (Lipinski definition) is 0. The number of rotatable bonds is 1. The molecule has 2 rings (SSSR count). The number of esters is 1. The standard InChI is InChI=1S/C13H19NO4/c1-17-13(16)14-9-5-3-2-4-6-10(14)11-7-8-12(15)18-11/h7-8,10-11H,2-6,9H2,1H3/t10-,11+/m1/s1. The number of amides is 1. The Morgan fingerprint density at radius 2 is 2.17 bits per heavy atom. The zero-order valence-corrected chi connectivity index (χ0v) is 10.6. The van der Waals surface area contributed by atoms with Gasteiger partial charge in [0.1, 0.15) is 6.10 Å². The highest BCUT2D eigenvalue weighted by Gasteiger charge is 2.34. The first-order valence-corrected chi connectivity index (χ1v) is 6.46. The lowest BCUT2D eigenvalue weighted by Crippen LogP contribution is -2.47. The number of carbonyl (C=O) groups excluding carboxylic acids is 2. The summed E-state index contributed by atoms with van der Waals surface area (Å²) in [6, 6.07) is -0.0968. The number of carbonyl (C=O) groups is 2. The largest absolute Gasteiger partial charge is 0.453 e. The quantitative estimate of drug-likeness (QED) is 0.669. The van der Waals surface area contributed by atoms with Crippen LogP contribution in [0, 0.1) is 0 Å². The predicted molar refractivity (Wildman–Crippen MR) is 65.0 cm³/mol. The predicted octanol–water partition coefficient (Wildman–Crippen LogP) is 1.87. The van der Waals surface area contributed by atoms with Crippen LogP contribution < -0.4 is 0 Å². The lowest BCUT2D eigenvalue weighted by Gasteiger charge is -2.34. The highest BCUT2D eigenvalue weighted by molar-refractivity contribution is 5.84. The van der Waals surface area contributed by atoms with Crippen LogP contribution in [0.3, 0.4) is 0 Å². The van der Waals surface area contributed by atoms with E-state index in [1.165, 1.54) is 13.2 Å². The zero-order chi connectivity index (χ0) is 13.0. The van der Waals surface area contributed by atoms with Crippen molar-refractivity contribution in [3.8, 4) is 0 Å². The van der Waals surface area contributed by atoms with Crippen LogP contribution in [0.1, 0.15) is 32.1 Å². The first-order valence-electron chi connectivity index (χ1n) is 6.46. The molecule has 5 heteroatoms. The van der Waals surface area contributed by atoms with Gasteiger partial charge in [0, 0.05) is 12.6 Å².